The van der Waals surface area contributed by atoms with Crippen LogP contribution in [0.2, 0.25) is 0 Å². The van der Waals surface area contributed by atoms with Crippen LogP contribution < -0.4 is 4.74 Å². The van der Waals surface area contributed by atoms with E-state index in [2.05, 4.69) is 39.0 Å². The Morgan fingerprint density at radius 3 is 2.18 bits per heavy atom. The molecule has 17 heavy (non-hydrogen) atoms. The molecular formula is C16H26O. The van der Waals surface area contributed by atoms with E-state index in [0.29, 0.717) is 5.41 Å². The SMILES string of the molecule is CC.COc1cc(C2(C(C)C)CC2)ccc1C. The molecule has 0 heterocycles. The van der Waals surface area contributed by atoms with Gasteiger partial charge in [0, 0.05) is 0 Å². The molecule has 0 radical (unpaired) electrons. The number of methoxy groups -OCH3 is 1. The van der Waals surface area contributed by atoms with Crippen molar-refractivity contribution in [2.75, 3.05) is 7.11 Å². The molecule has 2 rings (SSSR count). The minimum atomic E-state index is 0.445. The zero-order valence-corrected chi connectivity index (χ0v) is 12.1. The van der Waals surface area contributed by atoms with Crippen molar-refractivity contribution in [1.29, 1.82) is 0 Å². The molecule has 96 valence electrons. The van der Waals surface area contributed by atoms with Gasteiger partial charge in [-0.1, -0.05) is 39.8 Å². The minimum Gasteiger partial charge on any atom is -0.496 e. The molecule has 0 bridgehead atoms. The largest absolute Gasteiger partial charge is 0.496 e. The summed E-state index contributed by atoms with van der Waals surface area (Å²) in [6.45, 7) is 10.7. The van der Waals surface area contributed by atoms with Gasteiger partial charge in [-0.25, -0.2) is 0 Å². The second-order valence-electron chi connectivity index (χ2n) is 5.00. The fourth-order valence-electron chi connectivity index (χ4n) is 2.46. The molecule has 0 amide bonds. The molecule has 0 spiro atoms. The van der Waals surface area contributed by atoms with Crippen LogP contribution in [-0.2, 0) is 5.41 Å². The number of hydrogen-bond acceptors (Lipinski definition) is 1. The van der Waals surface area contributed by atoms with Gasteiger partial charge in [-0.15, -0.1) is 0 Å². The molecule has 1 heteroatoms. The Kier molecular flexibility index (Phi) is 4.62. The Balaban J connectivity index is 0.000000686. The molecule has 0 unspecified atom stereocenters. The fourth-order valence-corrected chi connectivity index (χ4v) is 2.46. The van der Waals surface area contributed by atoms with E-state index in [4.69, 9.17) is 4.74 Å². The third-order valence-electron chi connectivity index (χ3n) is 3.88. The van der Waals surface area contributed by atoms with E-state index in [9.17, 15) is 0 Å². The van der Waals surface area contributed by atoms with Crippen LogP contribution in [-0.4, -0.2) is 7.11 Å². The summed E-state index contributed by atoms with van der Waals surface area (Å²) in [6.07, 6.45) is 2.66. The molecule has 0 atom stereocenters. The topological polar surface area (TPSA) is 9.23 Å². The van der Waals surface area contributed by atoms with Crippen LogP contribution in [0.25, 0.3) is 0 Å². The number of hydrogen-bond donors (Lipinski definition) is 0. The Bertz CT molecular complexity index is 362. The molecule has 0 aliphatic heterocycles. The van der Waals surface area contributed by atoms with E-state index in [1.54, 1.807) is 7.11 Å². The highest BCUT2D eigenvalue weighted by Crippen LogP contribution is 2.54. The predicted molar refractivity (Wildman–Crippen MR) is 74.8 cm³/mol. The van der Waals surface area contributed by atoms with Gasteiger partial charge >= 0.3 is 0 Å². The fraction of sp³-hybridized carbons (Fsp3) is 0.625. The summed E-state index contributed by atoms with van der Waals surface area (Å²) in [5.41, 5.74) is 3.13. The third kappa shape index (κ3) is 2.65. The van der Waals surface area contributed by atoms with Crippen molar-refractivity contribution in [3.05, 3.63) is 29.3 Å². The summed E-state index contributed by atoms with van der Waals surface area (Å²) in [7, 11) is 1.75. The summed E-state index contributed by atoms with van der Waals surface area (Å²) in [5.74, 6) is 1.75. The van der Waals surface area contributed by atoms with Crippen LogP contribution in [0.4, 0.5) is 0 Å². The van der Waals surface area contributed by atoms with Crippen molar-refractivity contribution in [3.8, 4) is 5.75 Å². The lowest BCUT2D eigenvalue weighted by Gasteiger charge is -2.21. The van der Waals surface area contributed by atoms with Crippen LogP contribution in [0.1, 0.15) is 51.7 Å². The summed E-state index contributed by atoms with van der Waals surface area (Å²) in [4.78, 5) is 0. The van der Waals surface area contributed by atoms with Crippen LogP contribution in [0, 0.1) is 12.8 Å². The first-order valence-electron chi connectivity index (χ1n) is 6.75. The number of rotatable bonds is 3. The maximum atomic E-state index is 5.39. The average Bonchev–Trinajstić information content (AvgIpc) is 3.13. The third-order valence-corrected chi connectivity index (χ3v) is 3.88. The normalized spacial score (nSPS) is 16.2. The van der Waals surface area contributed by atoms with Gasteiger partial charge in [0.15, 0.2) is 0 Å². The minimum absolute atomic E-state index is 0.445. The Morgan fingerprint density at radius 1 is 1.18 bits per heavy atom. The van der Waals surface area contributed by atoms with E-state index in [0.717, 1.165) is 11.7 Å². The smallest absolute Gasteiger partial charge is 0.122 e. The van der Waals surface area contributed by atoms with Gasteiger partial charge in [0.1, 0.15) is 5.75 Å². The number of aryl methyl sites for hydroxylation is 1. The second-order valence-corrected chi connectivity index (χ2v) is 5.00. The van der Waals surface area contributed by atoms with Gasteiger partial charge in [-0.2, -0.15) is 0 Å². The van der Waals surface area contributed by atoms with E-state index < -0.39 is 0 Å². The first-order chi connectivity index (χ1) is 8.10. The van der Waals surface area contributed by atoms with Crippen LogP contribution >= 0.6 is 0 Å². The molecule has 1 aliphatic rings. The van der Waals surface area contributed by atoms with Crippen molar-refractivity contribution in [2.45, 2.75) is 52.9 Å². The van der Waals surface area contributed by atoms with Crippen molar-refractivity contribution in [3.63, 3.8) is 0 Å². The lowest BCUT2D eigenvalue weighted by molar-refractivity contribution is 0.408. The first-order valence-corrected chi connectivity index (χ1v) is 6.75. The lowest BCUT2D eigenvalue weighted by atomic mass is 9.84. The zero-order chi connectivity index (χ0) is 13.1. The van der Waals surface area contributed by atoms with Gasteiger partial charge in [-0.3, -0.25) is 0 Å². The monoisotopic (exact) mass is 234 g/mol. The molecule has 1 fully saturated rings. The Hall–Kier alpha value is -0.980. The van der Waals surface area contributed by atoms with Crippen molar-refractivity contribution in [1.82, 2.24) is 0 Å². The average molecular weight is 234 g/mol. The predicted octanol–water partition coefficient (Wildman–Crippen LogP) is 4.72. The van der Waals surface area contributed by atoms with Gasteiger partial charge < -0.3 is 4.74 Å². The molecule has 1 aromatic carbocycles. The van der Waals surface area contributed by atoms with Gasteiger partial charge in [0.05, 0.1) is 7.11 Å². The zero-order valence-electron chi connectivity index (χ0n) is 12.1. The summed E-state index contributed by atoms with van der Waals surface area (Å²) < 4.78 is 5.39. The van der Waals surface area contributed by atoms with Crippen LogP contribution in [0.3, 0.4) is 0 Å². The number of ether oxygens (including phenoxy) is 1. The number of benzene rings is 1. The Morgan fingerprint density at radius 2 is 1.76 bits per heavy atom. The lowest BCUT2D eigenvalue weighted by Crippen LogP contribution is -2.14. The highest BCUT2D eigenvalue weighted by atomic mass is 16.5. The highest BCUT2D eigenvalue weighted by Gasteiger charge is 2.46. The van der Waals surface area contributed by atoms with E-state index in [-0.39, 0.29) is 0 Å². The van der Waals surface area contributed by atoms with Gasteiger partial charge in [0.25, 0.3) is 0 Å². The molecule has 0 aromatic heterocycles. The van der Waals surface area contributed by atoms with Crippen LogP contribution in [0.15, 0.2) is 18.2 Å². The molecule has 0 saturated heterocycles. The highest BCUT2D eigenvalue weighted by molar-refractivity contribution is 5.42. The summed E-state index contributed by atoms with van der Waals surface area (Å²) in [6, 6.07) is 6.67. The van der Waals surface area contributed by atoms with Gasteiger partial charge in [-0.05, 0) is 48.3 Å². The molecule has 1 nitrogen and oxygen atoms in total. The van der Waals surface area contributed by atoms with Crippen molar-refractivity contribution >= 4 is 0 Å². The maximum absolute atomic E-state index is 5.39. The summed E-state index contributed by atoms with van der Waals surface area (Å²) >= 11 is 0. The van der Waals surface area contributed by atoms with Crippen molar-refractivity contribution in [2.24, 2.45) is 5.92 Å². The molecule has 0 N–H and O–H groups in total. The quantitative estimate of drug-likeness (QED) is 0.735. The standard InChI is InChI=1S/C14H20O.C2H6/c1-10(2)14(7-8-14)12-6-5-11(3)13(9-12)15-4;1-2/h5-6,9-10H,7-8H2,1-4H3;1-2H3. The molecule has 1 aromatic rings. The van der Waals surface area contributed by atoms with E-state index in [1.165, 1.54) is 24.0 Å². The molecule has 1 aliphatic carbocycles. The first kappa shape index (κ1) is 14.1. The maximum Gasteiger partial charge on any atom is 0.122 e. The van der Waals surface area contributed by atoms with E-state index >= 15 is 0 Å². The molecular weight excluding hydrogens is 208 g/mol. The molecule has 1 saturated carbocycles. The van der Waals surface area contributed by atoms with E-state index in [1.807, 2.05) is 13.8 Å². The van der Waals surface area contributed by atoms with Crippen LogP contribution in [0.5, 0.6) is 5.75 Å². The van der Waals surface area contributed by atoms with Gasteiger partial charge in [0.2, 0.25) is 0 Å². The Labute approximate surface area is 106 Å². The second kappa shape index (κ2) is 5.57. The summed E-state index contributed by atoms with van der Waals surface area (Å²) in [5, 5.41) is 0. The van der Waals surface area contributed by atoms with Crippen molar-refractivity contribution < 1.29 is 4.74 Å².